The van der Waals surface area contributed by atoms with E-state index < -0.39 is 4.87 Å². The predicted molar refractivity (Wildman–Crippen MR) is 52.6 cm³/mol. The molecule has 1 aliphatic heterocycles. The van der Waals surface area contributed by atoms with Crippen molar-refractivity contribution in [2.75, 3.05) is 13.6 Å². The number of nitrogens with zero attached hydrogens (tertiary/aromatic N) is 2. The molecule has 0 spiro atoms. The lowest BCUT2D eigenvalue weighted by molar-refractivity contribution is -0.128. The van der Waals surface area contributed by atoms with Gasteiger partial charge in [0.25, 0.3) is 5.91 Å². The van der Waals surface area contributed by atoms with E-state index in [9.17, 15) is 9.59 Å². The van der Waals surface area contributed by atoms with E-state index in [0.717, 1.165) is 11.3 Å². The summed E-state index contributed by atoms with van der Waals surface area (Å²) < 4.78 is 0. The summed E-state index contributed by atoms with van der Waals surface area (Å²) in [5, 5.41) is 0. The Morgan fingerprint density at radius 1 is 1.46 bits per heavy atom. The van der Waals surface area contributed by atoms with Gasteiger partial charge in [0.15, 0.2) is 4.87 Å². The molecule has 0 bridgehead atoms. The Bertz CT molecular complexity index is 253. The van der Waals surface area contributed by atoms with Gasteiger partial charge in [-0.05, 0) is 13.3 Å². The highest BCUT2D eigenvalue weighted by Gasteiger charge is 2.49. The molecular formula is C8H14N2O2S. The maximum Gasteiger partial charge on any atom is 0.328 e. The molecule has 3 amide bonds. The number of hydrogen-bond donors (Lipinski definition) is 1. The van der Waals surface area contributed by atoms with Crippen LogP contribution in [0.5, 0.6) is 0 Å². The number of carbonyl (C=O) groups is 2. The summed E-state index contributed by atoms with van der Waals surface area (Å²) in [6, 6.07) is -0.260. The van der Waals surface area contributed by atoms with Crippen molar-refractivity contribution in [1.82, 2.24) is 9.80 Å². The lowest BCUT2D eigenvalue weighted by Gasteiger charge is -2.26. The van der Waals surface area contributed by atoms with Gasteiger partial charge in [-0.3, -0.25) is 9.69 Å². The Hall–Kier alpha value is -0.710. The van der Waals surface area contributed by atoms with Gasteiger partial charge in [0.05, 0.1) is 0 Å². The van der Waals surface area contributed by atoms with E-state index in [1.807, 2.05) is 6.92 Å². The second kappa shape index (κ2) is 3.21. The molecule has 74 valence electrons. The molecule has 1 unspecified atom stereocenters. The van der Waals surface area contributed by atoms with Gasteiger partial charge in [-0.1, -0.05) is 6.92 Å². The maximum absolute atomic E-state index is 11.5. The fourth-order valence-electron chi connectivity index (χ4n) is 1.42. The number of rotatable bonds is 2. The summed E-state index contributed by atoms with van der Waals surface area (Å²) in [6.07, 6.45) is 0.822. The van der Waals surface area contributed by atoms with Gasteiger partial charge < -0.3 is 4.90 Å². The maximum atomic E-state index is 11.5. The summed E-state index contributed by atoms with van der Waals surface area (Å²) >= 11 is 4.21. The zero-order valence-electron chi connectivity index (χ0n) is 8.07. The Balaban J connectivity index is 2.95. The number of thiol groups is 1. The molecule has 0 aromatic heterocycles. The summed E-state index contributed by atoms with van der Waals surface area (Å²) in [6.45, 7) is 4.17. The van der Waals surface area contributed by atoms with Crippen LogP contribution in [0.4, 0.5) is 4.79 Å². The first kappa shape index (κ1) is 10.4. The highest BCUT2D eigenvalue weighted by molar-refractivity contribution is 7.82. The monoisotopic (exact) mass is 202 g/mol. The summed E-state index contributed by atoms with van der Waals surface area (Å²) in [4.78, 5) is 24.6. The lowest BCUT2D eigenvalue weighted by atomic mass is 10.3. The van der Waals surface area contributed by atoms with Crippen molar-refractivity contribution in [1.29, 1.82) is 0 Å². The van der Waals surface area contributed by atoms with Crippen molar-refractivity contribution >= 4 is 24.6 Å². The van der Waals surface area contributed by atoms with Gasteiger partial charge in [0, 0.05) is 13.6 Å². The molecule has 0 saturated carbocycles. The Morgan fingerprint density at radius 3 is 2.31 bits per heavy atom. The fraction of sp³-hybridized carbons (Fsp3) is 0.750. The van der Waals surface area contributed by atoms with Gasteiger partial charge in [-0.15, -0.1) is 12.6 Å². The topological polar surface area (TPSA) is 40.6 Å². The third-order valence-corrected chi connectivity index (χ3v) is 2.63. The van der Waals surface area contributed by atoms with E-state index in [1.165, 1.54) is 11.9 Å². The van der Waals surface area contributed by atoms with Gasteiger partial charge in [0.2, 0.25) is 0 Å². The minimum absolute atomic E-state index is 0.255. The molecule has 1 aliphatic rings. The number of likely N-dealkylation sites (N-methyl/N-ethyl adjacent to an activating group) is 1. The average Bonchev–Trinajstić information content (AvgIpc) is 2.20. The molecule has 4 nitrogen and oxygen atoms in total. The van der Waals surface area contributed by atoms with Crippen molar-refractivity contribution in [2.24, 2.45) is 0 Å². The van der Waals surface area contributed by atoms with Crippen LogP contribution in [0.3, 0.4) is 0 Å². The van der Waals surface area contributed by atoms with E-state index in [2.05, 4.69) is 12.6 Å². The van der Waals surface area contributed by atoms with E-state index in [4.69, 9.17) is 0 Å². The van der Waals surface area contributed by atoms with Crippen LogP contribution >= 0.6 is 12.6 Å². The number of urea groups is 1. The van der Waals surface area contributed by atoms with Crippen LogP contribution in [0.15, 0.2) is 0 Å². The largest absolute Gasteiger partial charge is 0.328 e. The minimum Gasteiger partial charge on any atom is -0.301 e. The van der Waals surface area contributed by atoms with Gasteiger partial charge in [-0.25, -0.2) is 4.79 Å². The van der Waals surface area contributed by atoms with Crippen LogP contribution in [0.2, 0.25) is 0 Å². The lowest BCUT2D eigenvalue weighted by Crippen LogP contribution is -2.42. The quantitative estimate of drug-likeness (QED) is 0.534. The van der Waals surface area contributed by atoms with E-state index in [0.29, 0.717) is 6.54 Å². The molecule has 0 aromatic carbocycles. The molecule has 1 rings (SSSR count). The van der Waals surface area contributed by atoms with Gasteiger partial charge in [-0.2, -0.15) is 0 Å². The fourth-order valence-corrected chi connectivity index (χ4v) is 1.76. The van der Waals surface area contributed by atoms with Crippen LogP contribution in [-0.4, -0.2) is 40.2 Å². The number of carbonyl (C=O) groups excluding carboxylic acids is 2. The second-order valence-corrected chi connectivity index (χ2v) is 4.19. The Kier molecular flexibility index (Phi) is 2.56. The van der Waals surface area contributed by atoms with Crippen molar-refractivity contribution in [3.8, 4) is 0 Å². The molecule has 5 heteroatoms. The van der Waals surface area contributed by atoms with Crippen molar-refractivity contribution in [3.63, 3.8) is 0 Å². The first-order chi connectivity index (χ1) is 5.92. The number of amides is 3. The van der Waals surface area contributed by atoms with E-state index in [-0.39, 0.29) is 11.9 Å². The molecule has 0 aliphatic carbocycles. The first-order valence-corrected chi connectivity index (χ1v) is 4.69. The third-order valence-electron chi connectivity index (χ3n) is 2.20. The standard InChI is InChI=1S/C8H14N2O2S/c1-4-5-10-7(12)9(3)6(11)8(10,2)13/h13H,4-5H2,1-3H3. The van der Waals surface area contributed by atoms with Crippen molar-refractivity contribution < 1.29 is 9.59 Å². The summed E-state index contributed by atoms with van der Waals surface area (Å²) in [7, 11) is 1.48. The average molecular weight is 202 g/mol. The van der Waals surface area contributed by atoms with E-state index >= 15 is 0 Å². The Morgan fingerprint density at radius 2 is 2.00 bits per heavy atom. The third kappa shape index (κ3) is 1.41. The molecule has 0 N–H and O–H groups in total. The summed E-state index contributed by atoms with van der Waals surface area (Å²) in [5.41, 5.74) is 0. The molecule has 1 saturated heterocycles. The number of imide groups is 1. The van der Waals surface area contributed by atoms with Crippen LogP contribution in [0, 0.1) is 0 Å². The zero-order valence-corrected chi connectivity index (χ0v) is 8.97. The zero-order chi connectivity index (χ0) is 10.2. The molecule has 1 heterocycles. The normalized spacial score (nSPS) is 28.9. The SMILES string of the molecule is CCCN1C(=O)N(C)C(=O)C1(C)S. The second-order valence-electron chi connectivity index (χ2n) is 3.32. The minimum atomic E-state index is -0.970. The number of hydrogen-bond acceptors (Lipinski definition) is 3. The van der Waals surface area contributed by atoms with Gasteiger partial charge in [0.1, 0.15) is 0 Å². The highest BCUT2D eigenvalue weighted by atomic mass is 32.1. The van der Waals surface area contributed by atoms with Crippen LogP contribution in [0.25, 0.3) is 0 Å². The van der Waals surface area contributed by atoms with Gasteiger partial charge >= 0.3 is 6.03 Å². The van der Waals surface area contributed by atoms with Crippen LogP contribution in [-0.2, 0) is 4.79 Å². The highest BCUT2D eigenvalue weighted by Crippen LogP contribution is 2.30. The molecular weight excluding hydrogens is 188 g/mol. The van der Waals surface area contributed by atoms with Crippen molar-refractivity contribution in [3.05, 3.63) is 0 Å². The Labute approximate surface area is 83.3 Å². The van der Waals surface area contributed by atoms with Crippen LogP contribution in [0.1, 0.15) is 20.3 Å². The molecule has 1 atom stereocenters. The predicted octanol–water partition coefficient (Wildman–Crippen LogP) is 0.936. The van der Waals surface area contributed by atoms with E-state index in [1.54, 1.807) is 6.92 Å². The molecule has 0 aromatic rings. The first-order valence-electron chi connectivity index (χ1n) is 4.25. The molecule has 13 heavy (non-hydrogen) atoms. The van der Waals surface area contributed by atoms with Crippen LogP contribution < -0.4 is 0 Å². The molecule has 1 fully saturated rings. The summed E-state index contributed by atoms with van der Waals surface area (Å²) in [5.74, 6) is -0.255. The smallest absolute Gasteiger partial charge is 0.301 e. The van der Waals surface area contributed by atoms with Crippen molar-refractivity contribution in [2.45, 2.75) is 25.1 Å². The molecule has 0 radical (unpaired) electrons.